The first kappa shape index (κ1) is 15.9. The minimum Gasteiger partial charge on any atom is -0.461 e. The molecule has 1 aliphatic rings. The predicted molar refractivity (Wildman–Crippen MR) is 97.4 cm³/mol. The second-order valence-corrected chi connectivity index (χ2v) is 6.20. The zero-order valence-electron chi connectivity index (χ0n) is 14.0. The summed E-state index contributed by atoms with van der Waals surface area (Å²) in [4.78, 5) is 14.4. The standard InChI is InChI=1S/C21H20NO3/c1-2-19-14-18-13-17(7-8-20(18)25-19)15-3-5-16(6-4-15)21(23)22-9-11-24-12-10-22/h3-8,13-14H,1-2,9-12H2. The van der Waals surface area contributed by atoms with Crippen molar-refractivity contribution in [3.05, 3.63) is 66.8 Å². The number of benzene rings is 2. The number of ether oxygens (including phenoxy) is 1. The van der Waals surface area contributed by atoms with E-state index in [1.165, 1.54) is 0 Å². The molecule has 2 heterocycles. The Morgan fingerprint density at radius 1 is 1.00 bits per heavy atom. The van der Waals surface area contributed by atoms with Crippen molar-refractivity contribution in [2.75, 3.05) is 26.3 Å². The number of rotatable bonds is 3. The Morgan fingerprint density at radius 3 is 2.44 bits per heavy atom. The Kier molecular flexibility index (Phi) is 4.28. The average molecular weight is 334 g/mol. The number of fused-ring (bicyclic) bond motifs is 1. The third kappa shape index (κ3) is 3.17. The van der Waals surface area contributed by atoms with Crippen molar-refractivity contribution in [1.82, 2.24) is 4.90 Å². The van der Waals surface area contributed by atoms with Crippen LogP contribution in [0.3, 0.4) is 0 Å². The molecule has 0 saturated carbocycles. The van der Waals surface area contributed by atoms with Gasteiger partial charge in [0, 0.05) is 30.5 Å². The molecule has 1 aliphatic heterocycles. The van der Waals surface area contributed by atoms with Gasteiger partial charge in [0.2, 0.25) is 0 Å². The van der Waals surface area contributed by atoms with E-state index >= 15 is 0 Å². The van der Waals surface area contributed by atoms with Crippen LogP contribution in [0.2, 0.25) is 0 Å². The highest BCUT2D eigenvalue weighted by molar-refractivity contribution is 5.95. The molecule has 1 amide bonds. The number of amides is 1. The summed E-state index contributed by atoms with van der Waals surface area (Å²) in [5.74, 6) is 0.957. The van der Waals surface area contributed by atoms with Crippen LogP contribution in [0.5, 0.6) is 0 Å². The van der Waals surface area contributed by atoms with E-state index in [0.717, 1.165) is 33.4 Å². The normalized spacial score (nSPS) is 14.8. The summed E-state index contributed by atoms with van der Waals surface area (Å²) in [6, 6.07) is 15.9. The van der Waals surface area contributed by atoms with Gasteiger partial charge >= 0.3 is 0 Å². The lowest BCUT2D eigenvalue weighted by Gasteiger charge is -2.26. The SMILES string of the molecule is [CH2]Cc1cc2cc(-c3ccc(C(=O)N4CCOCC4)cc3)ccc2o1. The quantitative estimate of drug-likeness (QED) is 0.728. The van der Waals surface area contributed by atoms with Gasteiger partial charge in [0.15, 0.2) is 0 Å². The summed E-state index contributed by atoms with van der Waals surface area (Å²) in [7, 11) is 0. The van der Waals surface area contributed by atoms with Crippen molar-refractivity contribution in [3.63, 3.8) is 0 Å². The zero-order chi connectivity index (χ0) is 17.2. The van der Waals surface area contributed by atoms with E-state index in [-0.39, 0.29) is 5.91 Å². The van der Waals surface area contributed by atoms with E-state index in [1.54, 1.807) is 0 Å². The average Bonchev–Trinajstić information content (AvgIpc) is 3.10. The second-order valence-electron chi connectivity index (χ2n) is 6.20. The number of hydrogen-bond donors (Lipinski definition) is 0. The Balaban J connectivity index is 1.58. The molecule has 0 bridgehead atoms. The lowest BCUT2D eigenvalue weighted by Crippen LogP contribution is -2.40. The lowest BCUT2D eigenvalue weighted by molar-refractivity contribution is 0.0303. The summed E-state index contributed by atoms with van der Waals surface area (Å²) in [6.07, 6.45) is 0.641. The first-order valence-corrected chi connectivity index (χ1v) is 8.54. The Hall–Kier alpha value is -2.59. The first-order valence-electron chi connectivity index (χ1n) is 8.54. The maximum atomic E-state index is 12.5. The van der Waals surface area contributed by atoms with Crippen LogP contribution in [0.15, 0.2) is 52.9 Å². The van der Waals surface area contributed by atoms with Crippen LogP contribution in [-0.2, 0) is 11.2 Å². The van der Waals surface area contributed by atoms with Crippen LogP contribution in [0.25, 0.3) is 22.1 Å². The van der Waals surface area contributed by atoms with Crippen LogP contribution >= 0.6 is 0 Å². The van der Waals surface area contributed by atoms with Crippen LogP contribution in [0.1, 0.15) is 16.1 Å². The molecule has 1 fully saturated rings. The number of furan rings is 1. The van der Waals surface area contributed by atoms with Crippen LogP contribution in [0.4, 0.5) is 0 Å². The number of carbonyl (C=O) groups excluding carboxylic acids is 1. The highest BCUT2D eigenvalue weighted by Gasteiger charge is 2.18. The van der Waals surface area contributed by atoms with Gasteiger partial charge in [-0.15, -0.1) is 0 Å². The fraction of sp³-hybridized carbons (Fsp3) is 0.238. The van der Waals surface area contributed by atoms with Crippen molar-refractivity contribution < 1.29 is 13.9 Å². The summed E-state index contributed by atoms with van der Waals surface area (Å²) >= 11 is 0. The molecular formula is C21H20NO3. The molecule has 2 aromatic carbocycles. The van der Waals surface area contributed by atoms with Crippen LogP contribution in [0, 0.1) is 6.92 Å². The van der Waals surface area contributed by atoms with Crippen molar-refractivity contribution >= 4 is 16.9 Å². The van der Waals surface area contributed by atoms with Gasteiger partial charge in [0.25, 0.3) is 5.91 Å². The molecular weight excluding hydrogens is 314 g/mol. The summed E-state index contributed by atoms with van der Waals surface area (Å²) in [5.41, 5.74) is 3.78. The molecule has 4 rings (SSSR count). The lowest BCUT2D eigenvalue weighted by atomic mass is 10.0. The van der Waals surface area contributed by atoms with E-state index in [2.05, 4.69) is 13.0 Å². The van der Waals surface area contributed by atoms with E-state index in [9.17, 15) is 4.79 Å². The minimum absolute atomic E-state index is 0.0697. The molecule has 0 spiro atoms. The number of hydrogen-bond acceptors (Lipinski definition) is 3. The molecule has 3 aromatic rings. The smallest absolute Gasteiger partial charge is 0.254 e. The third-order valence-corrected chi connectivity index (χ3v) is 4.58. The maximum Gasteiger partial charge on any atom is 0.254 e. The van der Waals surface area contributed by atoms with E-state index in [1.807, 2.05) is 47.4 Å². The van der Waals surface area contributed by atoms with Crippen LogP contribution < -0.4 is 0 Å². The second kappa shape index (κ2) is 6.73. The highest BCUT2D eigenvalue weighted by Crippen LogP contribution is 2.27. The predicted octanol–water partition coefficient (Wildman–Crippen LogP) is 3.95. The molecule has 0 atom stereocenters. The van der Waals surface area contributed by atoms with Gasteiger partial charge in [-0.1, -0.05) is 18.2 Å². The summed E-state index contributed by atoms with van der Waals surface area (Å²) in [6.45, 7) is 6.41. The number of nitrogens with zero attached hydrogens (tertiary/aromatic N) is 1. The van der Waals surface area contributed by atoms with Gasteiger partial charge in [-0.05, 0) is 48.4 Å². The largest absolute Gasteiger partial charge is 0.461 e. The van der Waals surface area contributed by atoms with E-state index < -0.39 is 0 Å². The maximum absolute atomic E-state index is 12.5. The Labute approximate surface area is 147 Å². The molecule has 0 unspecified atom stereocenters. The van der Waals surface area contributed by atoms with Gasteiger partial charge in [-0.2, -0.15) is 0 Å². The zero-order valence-corrected chi connectivity index (χ0v) is 14.0. The molecule has 25 heavy (non-hydrogen) atoms. The summed E-state index contributed by atoms with van der Waals surface area (Å²) < 4.78 is 11.0. The molecule has 127 valence electrons. The number of morpholine rings is 1. The molecule has 0 N–H and O–H groups in total. The van der Waals surface area contributed by atoms with Crippen molar-refractivity contribution in [1.29, 1.82) is 0 Å². The van der Waals surface area contributed by atoms with Crippen LogP contribution in [-0.4, -0.2) is 37.1 Å². The van der Waals surface area contributed by atoms with E-state index in [4.69, 9.17) is 9.15 Å². The molecule has 1 aromatic heterocycles. The van der Waals surface area contributed by atoms with Gasteiger partial charge in [0.05, 0.1) is 13.2 Å². The van der Waals surface area contributed by atoms with Gasteiger partial charge in [0.1, 0.15) is 11.3 Å². The Bertz CT molecular complexity index is 889. The fourth-order valence-electron chi connectivity index (χ4n) is 3.16. The van der Waals surface area contributed by atoms with Gasteiger partial charge < -0.3 is 14.1 Å². The molecule has 0 aliphatic carbocycles. The van der Waals surface area contributed by atoms with Crippen molar-refractivity contribution in [3.8, 4) is 11.1 Å². The third-order valence-electron chi connectivity index (χ3n) is 4.58. The van der Waals surface area contributed by atoms with E-state index in [0.29, 0.717) is 32.7 Å². The van der Waals surface area contributed by atoms with Crippen molar-refractivity contribution in [2.24, 2.45) is 0 Å². The monoisotopic (exact) mass is 334 g/mol. The first-order chi connectivity index (χ1) is 12.2. The van der Waals surface area contributed by atoms with Crippen molar-refractivity contribution in [2.45, 2.75) is 6.42 Å². The molecule has 1 saturated heterocycles. The topological polar surface area (TPSA) is 42.7 Å². The summed E-state index contributed by atoms with van der Waals surface area (Å²) in [5, 5.41) is 1.07. The highest BCUT2D eigenvalue weighted by atomic mass is 16.5. The molecule has 1 radical (unpaired) electrons. The number of carbonyl (C=O) groups is 1. The van der Waals surface area contributed by atoms with Gasteiger partial charge in [-0.25, -0.2) is 0 Å². The van der Waals surface area contributed by atoms with Gasteiger partial charge in [-0.3, -0.25) is 4.79 Å². The Morgan fingerprint density at radius 2 is 1.72 bits per heavy atom. The fourth-order valence-corrected chi connectivity index (χ4v) is 3.16. The minimum atomic E-state index is 0.0697. The molecule has 4 heteroatoms. The molecule has 4 nitrogen and oxygen atoms in total.